The number of benzene rings is 2. The van der Waals surface area contributed by atoms with E-state index in [1.165, 1.54) is 0 Å². The summed E-state index contributed by atoms with van der Waals surface area (Å²) in [6, 6.07) is 15.8. The largest absolute Gasteiger partial charge is 0.489 e. The molecule has 0 spiro atoms. The Hall–Kier alpha value is -3.49. The van der Waals surface area contributed by atoms with Crippen molar-refractivity contribution in [1.82, 2.24) is 21.1 Å². The van der Waals surface area contributed by atoms with Crippen LogP contribution in [-0.4, -0.2) is 40.6 Å². The number of hydrogen-bond donors (Lipinski definition) is 4. The Morgan fingerprint density at radius 2 is 1.97 bits per heavy atom. The molecule has 31 heavy (non-hydrogen) atoms. The molecule has 0 radical (unpaired) electrons. The predicted molar refractivity (Wildman–Crippen MR) is 115 cm³/mol. The number of aryl methyl sites for hydroxylation is 1. The first kappa shape index (κ1) is 20.8. The molecular weight excluding hydrogens is 396 g/mol. The van der Waals surface area contributed by atoms with Crippen molar-refractivity contribution in [2.24, 2.45) is 0 Å². The third-order valence-electron chi connectivity index (χ3n) is 5.37. The van der Waals surface area contributed by atoms with Gasteiger partial charge in [0.1, 0.15) is 18.4 Å². The van der Waals surface area contributed by atoms with Gasteiger partial charge in [-0.05, 0) is 56.3 Å². The van der Waals surface area contributed by atoms with Gasteiger partial charge in [-0.3, -0.25) is 19.8 Å². The summed E-state index contributed by atoms with van der Waals surface area (Å²) in [6.45, 7) is 2.93. The summed E-state index contributed by atoms with van der Waals surface area (Å²) >= 11 is 0. The number of nitrogens with one attached hydrogen (secondary N) is 3. The second kappa shape index (κ2) is 9.11. The molecule has 1 fully saturated rings. The summed E-state index contributed by atoms with van der Waals surface area (Å²) in [5, 5.41) is 15.7. The van der Waals surface area contributed by atoms with E-state index >= 15 is 0 Å². The molecule has 4 N–H and O–H groups in total. The number of hydrogen-bond acceptors (Lipinski definition) is 6. The fourth-order valence-electron chi connectivity index (χ4n) is 3.83. The lowest BCUT2D eigenvalue weighted by Crippen LogP contribution is -2.51. The maximum atomic E-state index is 12.6. The van der Waals surface area contributed by atoms with Crippen LogP contribution in [-0.2, 0) is 11.4 Å². The molecule has 1 saturated heterocycles. The molecule has 3 aromatic rings. The predicted octanol–water partition coefficient (Wildman–Crippen LogP) is 2.09. The van der Waals surface area contributed by atoms with E-state index in [2.05, 4.69) is 15.6 Å². The number of aromatic nitrogens is 1. The molecule has 160 valence electrons. The number of carbonyl (C=O) groups is 2. The number of rotatable bonds is 6. The lowest BCUT2D eigenvalue weighted by atomic mass is 10.1. The van der Waals surface area contributed by atoms with Gasteiger partial charge in [0.05, 0.1) is 11.6 Å². The van der Waals surface area contributed by atoms with Crippen LogP contribution in [0.1, 0.15) is 28.0 Å². The summed E-state index contributed by atoms with van der Waals surface area (Å²) in [5.41, 5.74) is 5.00. The zero-order valence-corrected chi connectivity index (χ0v) is 17.1. The van der Waals surface area contributed by atoms with E-state index in [1.807, 2.05) is 37.3 Å². The van der Waals surface area contributed by atoms with Crippen molar-refractivity contribution in [1.29, 1.82) is 0 Å². The van der Waals surface area contributed by atoms with E-state index in [4.69, 9.17) is 9.94 Å². The van der Waals surface area contributed by atoms with Crippen molar-refractivity contribution < 1.29 is 19.5 Å². The van der Waals surface area contributed by atoms with E-state index in [0.717, 1.165) is 22.2 Å². The molecule has 2 amide bonds. The molecule has 2 heterocycles. The maximum Gasteiger partial charge on any atom is 0.262 e. The normalized spacial score (nSPS) is 18.0. The highest BCUT2D eigenvalue weighted by Crippen LogP contribution is 2.21. The number of hydroxylamine groups is 1. The highest BCUT2D eigenvalue weighted by atomic mass is 16.5. The molecule has 1 aliphatic rings. The molecule has 1 aromatic heterocycles. The zero-order valence-electron chi connectivity index (χ0n) is 17.1. The number of ether oxygens (including phenoxy) is 1. The first-order valence-corrected chi connectivity index (χ1v) is 10.1. The monoisotopic (exact) mass is 420 g/mol. The zero-order chi connectivity index (χ0) is 21.8. The first-order chi connectivity index (χ1) is 15.0. The summed E-state index contributed by atoms with van der Waals surface area (Å²) in [7, 11) is 0. The Morgan fingerprint density at radius 1 is 1.19 bits per heavy atom. The van der Waals surface area contributed by atoms with Crippen LogP contribution in [0.5, 0.6) is 5.75 Å². The minimum absolute atomic E-state index is 0.285. The van der Waals surface area contributed by atoms with Crippen molar-refractivity contribution >= 4 is 22.7 Å². The topological polar surface area (TPSA) is 113 Å². The van der Waals surface area contributed by atoms with Gasteiger partial charge < -0.3 is 15.4 Å². The van der Waals surface area contributed by atoms with Crippen molar-refractivity contribution in [3.8, 4) is 5.75 Å². The van der Waals surface area contributed by atoms with Crippen LogP contribution in [0.2, 0.25) is 0 Å². The molecule has 2 atom stereocenters. The molecule has 0 aliphatic carbocycles. The van der Waals surface area contributed by atoms with Gasteiger partial charge in [0.25, 0.3) is 11.8 Å². The lowest BCUT2D eigenvalue weighted by Gasteiger charge is -2.19. The Morgan fingerprint density at radius 3 is 2.74 bits per heavy atom. The average Bonchev–Trinajstić information content (AvgIpc) is 3.25. The molecule has 0 saturated carbocycles. The Balaban J connectivity index is 1.40. The molecule has 0 bridgehead atoms. The first-order valence-electron chi connectivity index (χ1n) is 10.1. The number of para-hydroxylation sites is 1. The van der Waals surface area contributed by atoms with Gasteiger partial charge in [0.15, 0.2) is 0 Å². The molecule has 2 aromatic carbocycles. The van der Waals surface area contributed by atoms with Gasteiger partial charge in [-0.15, -0.1) is 0 Å². The second-order valence-corrected chi connectivity index (χ2v) is 7.53. The summed E-state index contributed by atoms with van der Waals surface area (Å²) < 4.78 is 5.94. The highest BCUT2D eigenvalue weighted by Gasteiger charge is 2.33. The van der Waals surface area contributed by atoms with Gasteiger partial charge in [0, 0.05) is 22.2 Å². The number of carbonyl (C=O) groups excluding carboxylic acids is 2. The second-order valence-electron chi connectivity index (χ2n) is 7.53. The Labute approximate surface area is 179 Å². The minimum atomic E-state index is -0.657. The van der Waals surface area contributed by atoms with Crippen LogP contribution < -0.4 is 20.9 Å². The quantitative estimate of drug-likeness (QED) is 0.359. The Kier molecular flexibility index (Phi) is 6.11. The van der Waals surface area contributed by atoms with E-state index in [-0.39, 0.29) is 5.91 Å². The van der Waals surface area contributed by atoms with E-state index in [0.29, 0.717) is 30.9 Å². The number of nitrogens with zero attached hydrogens (tertiary/aromatic N) is 1. The summed E-state index contributed by atoms with van der Waals surface area (Å²) in [4.78, 5) is 28.8. The van der Waals surface area contributed by atoms with Crippen molar-refractivity contribution in [2.45, 2.75) is 32.0 Å². The average molecular weight is 420 g/mol. The van der Waals surface area contributed by atoms with E-state index < -0.39 is 18.0 Å². The third-order valence-corrected chi connectivity index (χ3v) is 5.37. The molecule has 8 heteroatoms. The van der Waals surface area contributed by atoms with Crippen molar-refractivity contribution in [2.75, 3.05) is 6.54 Å². The van der Waals surface area contributed by atoms with Crippen LogP contribution in [0.15, 0.2) is 54.6 Å². The highest BCUT2D eigenvalue weighted by molar-refractivity contribution is 5.95. The molecule has 4 rings (SSSR count). The lowest BCUT2D eigenvalue weighted by molar-refractivity contribution is -0.131. The summed E-state index contributed by atoms with van der Waals surface area (Å²) in [6.07, 6.45) is 0.602. The number of amides is 2. The molecular formula is C23H24N4O4. The number of fused-ring (bicyclic) bond motifs is 1. The van der Waals surface area contributed by atoms with E-state index in [9.17, 15) is 9.59 Å². The van der Waals surface area contributed by atoms with Crippen LogP contribution in [0, 0.1) is 6.92 Å². The van der Waals surface area contributed by atoms with Crippen LogP contribution in [0.4, 0.5) is 0 Å². The SMILES string of the molecule is Cc1cc(COc2ccc(C(=O)N[C@@H]3CCN[C@H]3C(=O)NO)cc2)c2ccccc2n1. The minimum Gasteiger partial charge on any atom is -0.489 e. The Bertz CT molecular complexity index is 1100. The van der Waals surface area contributed by atoms with E-state index in [1.54, 1.807) is 29.7 Å². The maximum absolute atomic E-state index is 12.6. The van der Waals surface area contributed by atoms with Crippen LogP contribution >= 0.6 is 0 Å². The van der Waals surface area contributed by atoms with Crippen LogP contribution in [0.3, 0.4) is 0 Å². The third kappa shape index (κ3) is 4.65. The van der Waals surface area contributed by atoms with Crippen LogP contribution in [0.25, 0.3) is 10.9 Å². The fraction of sp³-hybridized carbons (Fsp3) is 0.261. The van der Waals surface area contributed by atoms with Crippen molar-refractivity contribution in [3.63, 3.8) is 0 Å². The van der Waals surface area contributed by atoms with Gasteiger partial charge in [-0.2, -0.15) is 0 Å². The van der Waals surface area contributed by atoms with Gasteiger partial charge >= 0.3 is 0 Å². The molecule has 1 aliphatic heterocycles. The standard InChI is InChI=1S/C23H24N4O4/c1-14-12-16(18-4-2-3-5-19(18)25-14)13-31-17-8-6-15(7-9-17)22(28)26-20-10-11-24-21(20)23(29)27-30/h2-9,12,20-21,24,30H,10-11,13H2,1H3,(H,26,28)(H,27,29)/t20-,21-/m1/s1. The van der Waals surface area contributed by atoms with Crippen molar-refractivity contribution in [3.05, 3.63) is 71.4 Å². The molecule has 0 unspecified atom stereocenters. The fourth-order valence-corrected chi connectivity index (χ4v) is 3.83. The summed E-state index contributed by atoms with van der Waals surface area (Å²) in [5.74, 6) is -0.202. The van der Waals surface area contributed by atoms with Gasteiger partial charge in [-0.25, -0.2) is 5.48 Å². The smallest absolute Gasteiger partial charge is 0.262 e. The van der Waals surface area contributed by atoms with Gasteiger partial charge in [0.2, 0.25) is 0 Å². The van der Waals surface area contributed by atoms with Gasteiger partial charge in [-0.1, -0.05) is 18.2 Å². The number of pyridine rings is 1. The molecule has 8 nitrogen and oxygen atoms in total.